The van der Waals surface area contributed by atoms with E-state index in [1.807, 2.05) is 31.3 Å². The van der Waals surface area contributed by atoms with E-state index < -0.39 is 0 Å². The van der Waals surface area contributed by atoms with Crippen LogP contribution in [0.5, 0.6) is 0 Å². The number of carbonyl (C=O) groups excluding carboxylic acids is 2. The number of likely N-dealkylation sites (N-methyl/N-ethyl adjacent to an activating group) is 1. The van der Waals surface area contributed by atoms with Gasteiger partial charge in [-0.2, -0.15) is 0 Å². The molecular weight excluding hydrogens is 302 g/mol. The third-order valence-electron chi connectivity index (χ3n) is 3.70. The number of anilines is 1. The summed E-state index contributed by atoms with van der Waals surface area (Å²) in [7, 11) is 5.31. The molecule has 0 atom stereocenters. The van der Waals surface area contributed by atoms with Crippen LogP contribution in [0.3, 0.4) is 0 Å². The second kappa shape index (κ2) is 8.26. The average Bonchev–Trinajstić information content (AvgIpc) is 2.60. The van der Waals surface area contributed by atoms with Gasteiger partial charge in [-0.05, 0) is 55.9 Å². The van der Waals surface area contributed by atoms with Gasteiger partial charge >= 0.3 is 0 Å². The molecule has 5 nitrogen and oxygen atoms in total. The summed E-state index contributed by atoms with van der Waals surface area (Å²) in [6, 6.07) is 14.5. The highest BCUT2D eigenvalue weighted by molar-refractivity contribution is 6.05. The second-order valence-electron chi connectivity index (χ2n) is 5.74. The lowest BCUT2D eigenvalue weighted by molar-refractivity contribution is 0.0827. The van der Waals surface area contributed by atoms with Gasteiger partial charge in [0, 0.05) is 30.9 Å². The summed E-state index contributed by atoms with van der Waals surface area (Å²) in [6.07, 6.45) is 0.788. The van der Waals surface area contributed by atoms with Crippen LogP contribution >= 0.6 is 0 Å². The van der Waals surface area contributed by atoms with Gasteiger partial charge in [-0.1, -0.05) is 18.2 Å². The summed E-state index contributed by atoms with van der Waals surface area (Å²) < 4.78 is 0. The van der Waals surface area contributed by atoms with E-state index in [2.05, 4.69) is 10.6 Å². The normalized spacial score (nSPS) is 10.3. The molecule has 2 amide bonds. The zero-order valence-corrected chi connectivity index (χ0v) is 14.3. The summed E-state index contributed by atoms with van der Waals surface area (Å²) >= 11 is 0. The number of nitrogens with one attached hydrogen (secondary N) is 2. The Morgan fingerprint density at radius 1 is 1.00 bits per heavy atom. The molecule has 0 aliphatic carbocycles. The van der Waals surface area contributed by atoms with Crippen molar-refractivity contribution in [1.29, 1.82) is 0 Å². The minimum Gasteiger partial charge on any atom is -0.345 e. The minimum absolute atomic E-state index is 0.0645. The zero-order valence-electron chi connectivity index (χ0n) is 14.3. The van der Waals surface area contributed by atoms with Gasteiger partial charge in [0.05, 0.1) is 0 Å². The van der Waals surface area contributed by atoms with E-state index in [1.165, 1.54) is 4.90 Å². The van der Waals surface area contributed by atoms with Crippen LogP contribution in [0.4, 0.5) is 5.69 Å². The molecule has 126 valence electrons. The van der Waals surface area contributed by atoms with Gasteiger partial charge in [-0.3, -0.25) is 9.59 Å². The van der Waals surface area contributed by atoms with Crippen molar-refractivity contribution in [1.82, 2.24) is 10.2 Å². The Hall–Kier alpha value is -2.66. The number of rotatable bonds is 6. The Morgan fingerprint density at radius 2 is 1.67 bits per heavy atom. The zero-order chi connectivity index (χ0) is 17.5. The highest BCUT2D eigenvalue weighted by Gasteiger charge is 2.12. The largest absolute Gasteiger partial charge is 0.345 e. The molecule has 2 aromatic carbocycles. The molecule has 2 N–H and O–H groups in total. The molecule has 0 unspecified atom stereocenters. The SMILES string of the molecule is CNCCc1ccccc1C(=O)Nc1ccc(C(=O)N(C)C)cc1. The molecule has 0 bridgehead atoms. The summed E-state index contributed by atoms with van der Waals surface area (Å²) in [5, 5.41) is 5.98. The first-order valence-electron chi connectivity index (χ1n) is 7.88. The van der Waals surface area contributed by atoms with Crippen molar-refractivity contribution in [3.8, 4) is 0 Å². The molecule has 2 rings (SSSR count). The van der Waals surface area contributed by atoms with Crippen LogP contribution in [0.25, 0.3) is 0 Å². The fourth-order valence-corrected chi connectivity index (χ4v) is 2.37. The molecule has 0 saturated carbocycles. The number of amides is 2. The monoisotopic (exact) mass is 325 g/mol. The molecule has 0 fully saturated rings. The molecule has 0 spiro atoms. The van der Waals surface area contributed by atoms with Crippen LogP contribution in [0, 0.1) is 0 Å². The van der Waals surface area contributed by atoms with E-state index in [0.29, 0.717) is 16.8 Å². The van der Waals surface area contributed by atoms with Crippen LogP contribution in [0.1, 0.15) is 26.3 Å². The molecule has 2 aromatic rings. The predicted octanol–water partition coefficient (Wildman–Crippen LogP) is 2.40. The van der Waals surface area contributed by atoms with Crippen LogP contribution < -0.4 is 10.6 Å². The second-order valence-corrected chi connectivity index (χ2v) is 5.74. The van der Waals surface area contributed by atoms with Crippen molar-refractivity contribution in [2.75, 3.05) is 33.0 Å². The van der Waals surface area contributed by atoms with Crippen molar-refractivity contribution < 1.29 is 9.59 Å². The fraction of sp³-hybridized carbons (Fsp3) is 0.263. The molecular formula is C19H23N3O2. The summed E-state index contributed by atoms with van der Waals surface area (Å²) in [5.41, 5.74) is 2.93. The van der Waals surface area contributed by atoms with Gasteiger partial charge in [-0.15, -0.1) is 0 Å². The smallest absolute Gasteiger partial charge is 0.255 e. The standard InChI is InChI=1S/C19H23N3O2/c1-20-13-12-14-6-4-5-7-17(14)18(23)21-16-10-8-15(9-11-16)19(24)22(2)3/h4-11,20H,12-13H2,1-3H3,(H,21,23). The Morgan fingerprint density at radius 3 is 2.29 bits per heavy atom. The lowest BCUT2D eigenvalue weighted by Crippen LogP contribution is -2.21. The lowest BCUT2D eigenvalue weighted by atomic mass is 10.0. The molecule has 24 heavy (non-hydrogen) atoms. The first-order chi connectivity index (χ1) is 11.5. The van der Waals surface area contributed by atoms with Crippen molar-refractivity contribution in [2.45, 2.75) is 6.42 Å². The van der Waals surface area contributed by atoms with Crippen molar-refractivity contribution in [2.24, 2.45) is 0 Å². The first kappa shape index (κ1) is 17.7. The van der Waals surface area contributed by atoms with Crippen molar-refractivity contribution >= 4 is 17.5 Å². The Kier molecular flexibility index (Phi) is 6.09. The summed E-state index contributed by atoms with van der Waals surface area (Å²) in [5.74, 6) is -0.210. The third-order valence-corrected chi connectivity index (χ3v) is 3.70. The molecule has 0 heterocycles. The molecule has 5 heteroatoms. The molecule has 0 radical (unpaired) electrons. The third kappa shape index (κ3) is 4.43. The van der Waals surface area contributed by atoms with Crippen LogP contribution in [-0.2, 0) is 6.42 Å². The molecule has 0 aliphatic heterocycles. The van der Waals surface area contributed by atoms with Crippen LogP contribution in [0.15, 0.2) is 48.5 Å². The maximum atomic E-state index is 12.5. The Balaban J connectivity index is 2.11. The van der Waals surface area contributed by atoms with Gasteiger partial charge in [-0.25, -0.2) is 0 Å². The summed E-state index contributed by atoms with van der Waals surface area (Å²) in [6.45, 7) is 0.811. The number of carbonyl (C=O) groups is 2. The Labute approximate surface area is 142 Å². The van der Waals surface area contributed by atoms with Crippen molar-refractivity contribution in [3.05, 3.63) is 65.2 Å². The van der Waals surface area contributed by atoms with E-state index in [0.717, 1.165) is 18.5 Å². The van der Waals surface area contributed by atoms with Gasteiger partial charge in [0.15, 0.2) is 0 Å². The van der Waals surface area contributed by atoms with Gasteiger partial charge < -0.3 is 15.5 Å². The molecule has 0 aromatic heterocycles. The number of nitrogens with zero attached hydrogens (tertiary/aromatic N) is 1. The highest BCUT2D eigenvalue weighted by Crippen LogP contribution is 2.15. The quantitative estimate of drug-likeness (QED) is 0.857. The lowest BCUT2D eigenvalue weighted by Gasteiger charge is -2.12. The molecule has 0 aliphatic rings. The minimum atomic E-state index is -0.145. The predicted molar refractivity (Wildman–Crippen MR) is 96.5 cm³/mol. The maximum Gasteiger partial charge on any atom is 0.255 e. The maximum absolute atomic E-state index is 12.5. The summed E-state index contributed by atoms with van der Waals surface area (Å²) in [4.78, 5) is 25.9. The van der Waals surface area contributed by atoms with E-state index in [1.54, 1.807) is 38.4 Å². The Bertz CT molecular complexity index is 709. The van der Waals surface area contributed by atoms with E-state index in [-0.39, 0.29) is 11.8 Å². The van der Waals surface area contributed by atoms with Crippen LogP contribution in [0.2, 0.25) is 0 Å². The number of hydrogen-bond donors (Lipinski definition) is 2. The number of hydrogen-bond acceptors (Lipinski definition) is 3. The van der Waals surface area contributed by atoms with Gasteiger partial charge in [0.25, 0.3) is 11.8 Å². The van der Waals surface area contributed by atoms with Crippen LogP contribution in [-0.4, -0.2) is 44.4 Å². The molecule has 0 saturated heterocycles. The number of benzene rings is 2. The van der Waals surface area contributed by atoms with Crippen molar-refractivity contribution in [3.63, 3.8) is 0 Å². The van der Waals surface area contributed by atoms with E-state index in [9.17, 15) is 9.59 Å². The first-order valence-corrected chi connectivity index (χ1v) is 7.88. The van der Waals surface area contributed by atoms with E-state index >= 15 is 0 Å². The fourth-order valence-electron chi connectivity index (χ4n) is 2.37. The van der Waals surface area contributed by atoms with E-state index in [4.69, 9.17) is 0 Å². The average molecular weight is 325 g/mol. The highest BCUT2D eigenvalue weighted by atomic mass is 16.2. The van der Waals surface area contributed by atoms with Gasteiger partial charge in [0.1, 0.15) is 0 Å². The van der Waals surface area contributed by atoms with Gasteiger partial charge in [0.2, 0.25) is 0 Å². The topological polar surface area (TPSA) is 61.4 Å².